The van der Waals surface area contributed by atoms with E-state index >= 15 is 0 Å². The summed E-state index contributed by atoms with van der Waals surface area (Å²) in [7, 11) is 0. The lowest BCUT2D eigenvalue weighted by atomic mass is 9.92. The number of ether oxygens (including phenoxy) is 1. The summed E-state index contributed by atoms with van der Waals surface area (Å²) in [5.41, 5.74) is 8.42. The highest BCUT2D eigenvalue weighted by Crippen LogP contribution is 2.32. The van der Waals surface area contributed by atoms with Gasteiger partial charge in [0.25, 0.3) is 0 Å². The van der Waals surface area contributed by atoms with Crippen molar-refractivity contribution in [3.8, 4) is 11.1 Å². The summed E-state index contributed by atoms with van der Waals surface area (Å²) >= 11 is 6.31. The van der Waals surface area contributed by atoms with E-state index in [1.807, 2.05) is 12.1 Å². The van der Waals surface area contributed by atoms with E-state index in [0.29, 0.717) is 22.8 Å². The molecule has 26 heavy (non-hydrogen) atoms. The Hall–Kier alpha value is -2.08. The second-order valence-corrected chi connectivity index (χ2v) is 5.98. The lowest BCUT2D eigenvalue weighted by Crippen LogP contribution is -2.16. The SMILES string of the molecule is CCOC(=O)c1cccc(-c2cc([C@H](CN)CC(=O)O)ccc2Cl)c1.Cl. The topological polar surface area (TPSA) is 89.6 Å². The largest absolute Gasteiger partial charge is 0.481 e. The Bertz CT molecular complexity index is 780. The molecule has 7 heteroatoms. The molecular formula is C19H21Cl2NO4. The van der Waals surface area contributed by atoms with Gasteiger partial charge in [0, 0.05) is 16.5 Å². The minimum Gasteiger partial charge on any atom is -0.481 e. The molecule has 2 aromatic carbocycles. The Balaban J connectivity index is 0.00000338. The second kappa shape index (κ2) is 10.2. The molecule has 0 aromatic heterocycles. The van der Waals surface area contributed by atoms with Gasteiger partial charge in [0.15, 0.2) is 0 Å². The van der Waals surface area contributed by atoms with Crippen molar-refractivity contribution in [2.24, 2.45) is 5.73 Å². The molecule has 0 fully saturated rings. The van der Waals surface area contributed by atoms with Crippen LogP contribution in [0.3, 0.4) is 0 Å². The van der Waals surface area contributed by atoms with Gasteiger partial charge in [0.2, 0.25) is 0 Å². The number of nitrogens with two attached hydrogens (primary N) is 1. The molecule has 5 nitrogen and oxygen atoms in total. The number of carbonyl (C=O) groups is 2. The Labute approximate surface area is 163 Å². The van der Waals surface area contributed by atoms with E-state index in [0.717, 1.165) is 11.1 Å². The molecule has 2 rings (SSSR count). The average molecular weight is 398 g/mol. The van der Waals surface area contributed by atoms with Crippen molar-refractivity contribution in [1.29, 1.82) is 0 Å². The van der Waals surface area contributed by atoms with Gasteiger partial charge >= 0.3 is 11.9 Å². The van der Waals surface area contributed by atoms with Gasteiger partial charge in [-0.2, -0.15) is 0 Å². The lowest BCUT2D eigenvalue weighted by molar-refractivity contribution is -0.137. The van der Waals surface area contributed by atoms with Crippen molar-refractivity contribution in [2.45, 2.75) is 19.3 Å². The van der Waals surface area contributed by atoms with Gasteiger partial charge in [-0.05, 0) is 48.9 Å². The van der Waals surface area contributed by atoms with Crippen LogP contribution in [0.4, 0.5) is 0 Å². The van der Waals surface area contributed by atoms with E-state index in [-0.39, 0.29) is 31.3 Å². The molecule has 3 N–H and O–H groups in total. The van der Waals surface area contributed by atoms with Gasteiger partial charge in [0.05, 0.1) is 18.6 Å². The molecule has 0 radical (unpaired) electrons. The number of benzene rings is 2. The number of hydrogen-bond acceptors (Lipinski definition) is 4. The zero-order valence-electron chi connectivity index (χ0n) is 14.3. The molecule has 0 unspecified atom stereocenters. The number of halogens is 2. The summed E-state index contributed by atoms with van der Waals surface area (Å²) in [5, 5.41) is 9.54. The third-order valence-corrected chi connectivity index (χ3v) is 4.18. The Kier molecular flexibility index (Phi) is 8.58. The molecule has 2 aromatic rings. The predicted molar refractivity (Wildman–Crippen MR) is 104 cm³/mol. The van der Waals surface area contributed by atoms with Crippen LogP contribution in [0, 0.1) is 0 Å². The third kappa shape index (κ3) is 5.46. The van der Waals surface area contributed by atoms with Gasteiger partial charge in [-0.3, -0.25) is 4.79 Å². The fourth-order valence-electron chi connectivity index (χ4n) is 2.59. The highest BCUT2D eigenvalue weighted by Gasteiger charge is 2.16. The first-order valence-electron chi connectivity index (χ1n) is 7.95. The molecule has 0 saturated carbocycles. The molecule has 0 heterocycles. The van der Waals surface area contributed by atoms with E-state index in [4.69, 9.17) is 27.2 Å². The van der Waals surface area contributed by atoms with Crippen molar-refractivity contribution in [3.05, 3.63) is 58.6 Å². The average Bonchev–Trinajstić information content (AvgIpc) is 2.60. The lowest BCUT2D eigenvalue weighted by Gasteiger charge is -2.15. The molecule has 0 bridgehead atoms. The van der Waals surface area contributed by atoms with Crippen molar-refractivity contribution in [2.75, 3.05) is 13.2 Å². The van der Waals surface area contributed by atoms with Gasteiger partial charge in [-0.25, -0.2) is 4.79 Å². The highest BCUT2D eigenvalue weighted by atomic mass is 35.5. The van der Waals surface area contributed by atoms with Gasteiger partial charge < -0.3 is 15.6 Å². The van der Waals surface area contributed by atoms with Crippen molar-refractivity contribution >= 4 is 35.9 Å². The predicted octanol–water partition coefficient (Wildman–Crippen LogP) is 4.12. The number of aliphatic carboxylic acids is 1. The van der Waals surface area contributed by atoms with Crippen molar-refractivity contribution < 1.29 is 19.4 Å². The van der Waals surface area contributed by atoms with Crippen LogP contribution >= 0.6 is 24.0 Å². The van der Waals surface area contributed by atoms with E-state index in [1.54, 1.807) is 37.3 Å². The first kappa shape index (κ1) is 22.0. The fraction of sp³-hybridized carbons (Fsp3) is 0.263. The summed E-state index contributed by atoms with van der Waals surface area (Å²) in [6.45, 7) is 2.26. The van der Waals surface area contributed by atoms with E-state index in [1.165, 1.54) is 0 Å². The summed E-state index contributed by atoms with van der Waals surface area (Å²) in [6.07, 6.45) is -0.0551. The monoisotopic (exact) mass is 397 g/mol. The van der Waals surface area contributed by atoms with E-state index < -0.39 is 11.9 Å². The fourth-order valence-corrected chi connectivity index (χ4v) is 2.82. The van der Waals surface area contributed by atoms with Crippen LogP contribution < -0.4 is 5.73 Å². The number of carbonyl (C=O) groups excluding carboxylic acids is 1. The summed E-state index contributed by atoms with van der Waals surface area (Å²) in [4.78, 5) is 22.9. The standard InChI is InChI=1S/C19H20ClNO4.ClH/c1-2-25-19(24)14-5-3-4-13(8-14)16-9-12(6-7-17(16)20)15(11-21)10-18(22)23;/h3-9,15H,2,10-11,21H2,1H3,(H,22,23);1H/t15-;/m0./s1. The second-order valence-electron chi connectivity index (χ2n) is 5.57. The van der Waals surface area contributed by atoms with Gasteiger partial charge in [-0.1, -0.05) is 29.8 Å². The molecular weight excluding hydrogens is 377 g/mol. The van der Waals surface area contributed by atoms with E-state index in [2.05, 4.69) is 0 Å². The number of carboxylic acids is 1. The number of rotatable bonds is 7. The summed E-state index contributed by atoms with van der Waals surface area (Å²) < 4.78 is 5.02. The maximum Gasteiger partial charge on any atom is 0.338 e. The van der Waals surface area contributed by atoms with Crippen LogP contribution in [0.5, 0.6) is 0 Å². The number of hydrogen-bond donors (Lipinski definition) is 2. The Morgan fingerprint density at radius 3 is 2.58 bits per heavy atom. The quantitative estimate of drug-likeness (QED) is 0.685. The zero-order chi connectivity index (χ0) is 18.4. The zero-order valence-corrected chi connectivity index (χ0v) is 15.8. The van der Waals surface area contributed by atoms with E-state index in [9.17, 15) is 9.59 Å². The molecule has 0 aliphatic carbocycles. The Morgan fingerprint density at radius 2 is 1.96 bits per heavy atom. The minimum absolute atomic E-state index is 0. The summed E-state index contributed by atoms with van der Waals surface area (Å²) in [6, 6.07) is 12.3. The first-order chi connectivity index (χ1) is 12.0. The Morgan fingerprint density at radius 1 is 1.23 bits per heavy atom. The highest BCUT2D eigenvalue weighted by molar-refractivity contribution is 6.33. The van der Waals surface area contributed by atoms with Gasteiger partial charge in [-0.15, -0.1) is 12.4 Å². The van der Waals surface area contributed by atoms with Gasteiger partial charge in [0.1, 0.15) is 0 Å². The summed E-state index contributed by atoms with van der Waals surface area (Å²) in [5.74, 6) is -1.61. The smallest absolute Gasteiger partial charge is 0.338 e. The normalized spacial score (nSPS) is 11.3. The maximum atomic E-state index is 11.9. The van der Waals surface area contributed by atoms with Crippen LogP contribution in [-0.4, -0.2) is 30.2 Å². The third-order valence-electron chi connectivity index (χ3n) is 3.85. The van der Waals surface area contributed by atoms with Crippen LogP contribution in [0.2, 0.25) is 5.02 Å². The molecule has 0 spiro atoms. The van der Waals surface area contributed by atoms with Crippen molar-refractivity contribution in [1.82, 2.24) is 0 Å². The van der Waals surface area contributed by atoms with Crippen LogP contribution in [0.25, 0.3) is 11.1 Å². The molecule has 1 atom stereocenters. The molecule has 0 amide bonds. The van der Waals surface area contributed by atoms with Crippen molar-refractivity contribution in [3.63, 3.8) is 0 Å². The molecule has 0 aliphatic heterocycles. The van der Waals surface area contributed by atoms with Crippen LogP contribution in [0.1, 0.15) is 35.2 Å². The number of esters is 1. The van der Waals surface area contributed by atoms with Crippen LogP contribution in [0.15, 0.2) is 42.5 Å². The number of carboxylic acid groups (broad SMARTS) is 1. The first-order valence-corrected chi connectivity index (χ1v) is 8.33. The maximum absolute atomic E-state index is 11.9. The van der Waals surface area contributed by atoms with Crippen LogP contribution in [-0.2, 0) is 9.53 Å². The molecule has 140 valence electrons. The molecule has 0 aliphatic rings. The minimum atomic E-state index is -0.906. The molecule has 0 saturated heterocycles.